The van der Waals surface area contributed by atoms with Gasteiger partial charge >= 0.3 is 0 Å². The molecule has 0 aromatic carbocycles. The zero-order valence-electron chi connectivity index (χ0n) is 8.93. The number of hydrogen-bond acceptors (Lipinski definition) is 8. The predicted molar refractivity (Wildman–Crippen MR) is 65.3 cm³/mol. The highest BCUT2D eigenvalue weighted by molar-refractivity contribution is 7.11. The third-order valence-corrected chi connectivity index (χ3v) is 2.85. The average molecular weight is 258 g/mol. The number of aromatic nitrogens is 4. The van der Waals surface area contributed by atoms with E-state index in [0.717, 1.165) is 5.39 Å². The first kappa shape index (κ1) is 10.7. The molecule has 0 bridgehead atoms. The van der Waals surface area contributed by atoms with Crippen molar-refractivity contribution in [1.29, 1.82) is 0 Å². The molecule has 0 spiro atoms. The smallest absolute Gasteiger partial charge is 0.178 e. The molecule has 0 saturated carbocycles. The van der Waals surface area contributed by atoms with Gasteiger partial charge in [-0.05, 0) is 23.7 Å². The minimum atomic E-state index is 0.0885. The molecular formula is C10H6N6OS. The van der Waals surface area contributed by atoms with Gasteiger partial charge in [-0.3, -0.25) is 0 Å². The van der Waals surface area contributed by atoms with E-state index in [-0.39, 0.29) is 5.75 Å². The molecule has 0 amide bonds. The second-order valence-corrected chi connectivity index (χ2v) is 4.07. The van der Waals surface area contributed by atoms with Crippen molar-refractivity contribution in [3.05, 3.63) is 30.9 Å². The molecule has 3 aromatic heterocycles. The Morgan fingerprint density at radius 2 is 2.06 bits per heavy atom. The van der Waals surface area contributed by atoms with Gasteiger partial charge in [-0.15, -0.1) is 10.2 Å². The maximum Gasteiger partial charge on any atom is 0.178 e. The second kappa shape index (κ2) is 4.41. The number of hydrogen-bond donors (Lipinski definition) is 1. The molecule has 0 aliphatic rings. The van der Waals surface area contributed by atoms with Crippen LogP contribution in [0.25, 0.3) is 11.0 Å². The molecule has 0 unspecified atom stereocenters. The van der Waals surface area contributed by atoms with Crippen LogP contribution < -0.4 is 0 Å². The van der Waals surface area contributed by atoms with Crippen LogP contribution in [0.2, 0.25) is 0 Å². The van der Waals surface area contributed by atoms with Crippen molar-refractivity contribution in [2.75, 3.05) is 0 Å². The number of aromatic hydroxyl groups is 1. The summed E-state index contributed by atoms with van der Waals surface area (Å²) in [6.45, 7) is 0. The van der Waals surface area contributed by atoms with Gasteiger partial charge in [-0.2, -0.15) is 4.37 Å². The van der Waals surface area contributed by atoms with Gasteiger partial charge in [0.05, 0.1) is 11.6 Å². The van der Waals surface area contributed by atoms with Gasteiger partial charge in [0.1, 0.15) is 12.1 Å². The van der Waals surface area contributed by atoms with Crippen LogP contribution >= 0.6 is 11.5 Å². The summed E-state index contributed by atoms with van der Waals surface area (Å²) >= 11 is 1.20. The molecule has 0 aliphatic heterocycles. The molecule has 7 nitrogen and oxygen atoms in total. The molecule has 8 heteroatoms. The van der Waals surface area contributed by atoms with Crippen molar-refractivity contribution < 1.29 is 5.11 Å². The number of rotatable bonds is 2. The lowest BCUT2D eigenvalue weighted by atomic mass is 10.4. The zero-order valence-corrected chi connectivity index (χ0v) is 9.74. The van der Waals surface area contributed by atoms with Crippen LogP contribution in [0.5, 0.6) is 5.75 Å². The highest BCUT2D eigenvalue weighted by Crippen LogP contribution is 2.29. The highest BCUT2D eigenvalue weighted by Gasteiger charge is 2.05. The second-order valence-electron chi connectivity index (χ2n) is 3.32. The Kier molecular flexibility index (Phi) is 2.61. The number of pyridine rings is 1. The summed E-state index contributed by atoms with van der Waals surface area (Å²) in [4.78, 5) is 11.8. The lowest BCUT2D eigenvalue weighted by Gasteiger charge is -1.91. The summed E-state index contributed by atoms with van der Waals surface area (Å²) in [6.07, 6.45) is 4.39. The topological polar surface area (TPSA) is 96.5 Å². The molecule has 0 fully saturated rings. The van der Waals surface area contributed by atoms with Gasteiger partial charge in [0.15, 0.2) is 16.5 Å². The van der Waals surface area contributed by atoms with Gasteiger partial charge in [0, 0.05) is 6.20 Å². The summed E-state index contributed by atoms with van der Waals surface area (Å²) in [5.41, 5.74) is 0.600. The fraction of sp³-hybridized carbons (Fsp3) is 0. The van der Waals surface area contributed by atoms with Crippen LogP contribution in [-0.2, 0) is 0 Å². The molecule has 0 radical (unpaired) electrons. The Morgan fingerprint density at radius 3 is 2.89 bits per heavy atom. The first-order valence-electron chi connectivity index (χ1n) is 4.95. The van der Waals surface area contributed by atoms with Crippen molar-refractivity contribution in [1.82, 2.24) is 19.3 Å². The highest BCUT2D eigenvalue weighted by atomic mass is 32.1. The van der Waals surface area contributed by atoms with E-state index in [0.29, 0.717) is 16.5 Å². The summed E-state index contributed by atoms with van der Waals surface area (Å²) in [6, 6.07) is 3.06. The van der Waals surface area contributed by atoms with Gasteiger partial charge in [-0.1, -0.05) is 0 Å². The van der Waals surface area contributed by atoms with E-state index in [4.69, 9.17) is 5.11 Å². The van der Waals surface area contributed by atoms with Crippen molar-refractivity contribution >= 4 is 33.4 Å². The Hall–Kier alpha value is -2.48. The molecule has 1 N–H and O–H groups in total. The molecule has 3 heterocycles. The molecule has 3 rings (SSSR count). The van der Waals surface area contributed by atoms with E-state index < -0.39 is 0 Å². The molecular weight excluding hydrogens is 252 g/mol. The minimum Gasteiger partial charge on any atom is -0.506 e. The SMILES string of the molecule is Oc1ccc(/N=N/c2snc3ncncc23)nc1. The van der Waals surface area contributed by atoms with Gasteiger partial charge < -0.3 is 5.11 Å². The quantitative estimate of drug-likeness (QED) is 0.712. The Morgan fingerprint density at radius 1 is 1.11 bits per heavy atom. The number of fused-ring (bicyclic) bond motifs is 1. The zero-order chi connectivity index (χ0) is 12.4. The summed E-state index contributed by atoms with van der Waals surface area (Å²) < 4.78 is 4.12. The lowest BCUT2D eigenvalue weighted by Crippen LogP contribution is -1.76. The molecule has 0 saturated heterocycles. The van der Waals surface area contributed by atoms with E-state index in [1.54, 1.807) is 12.3 Å². The molecule has 18 heavy (non-hydrogen) atoms. The number of nitrogens with zero attached hydrogens (tertiary/aromatic N) is 6. The maximum absolute atomic E-state index is 9.09. The van der Waals surface area contributed by atoms with E-state index in [9.17, 15) is 0 Å². The Bertz CT molecular complexity index is 708. The van der Waals surface area contributed by atoms with Crippen molar-refractivity contribution in [3.8, 4) is 5.75 Å². The normalized spacial score (nSPS) is 11.3. The first-order valence-corrected chi connectivity index (χ1v) is 5.72. The van der Waals surface area contributed by atoms with Crippen LogP contribution in [0.15, 0.2) is 41.1 Å². The molecule has 3 aromatic rings. The van der Waals surface area contributed by atoms with Gasteiger partial charge in [-0.25, -0.2) is 15.0 Å². The van der Waals surface area contributed by atoms with Crippen LogP contribution in [0.4, 0.5) is 10.8 Å². The molecule has 88 valence electrons. The summed E-state index contributed by atoms with van der Waals surface area (Å²) in [5.74, 6) is 0.497. The largest absolute Gasteiger partial charge is 0.506 e. The fourth-order valence-corrected chi connectivity index (χ4v) is 1.93. The molecule has 0 atom stereocenters. The van der Waals surface area contributed by atoms with Crippen LogP contribution in [0, 0.1) is 0 Å². The van der Waals surface area contributed by atoms with Gasteiger partial charge in [0.2, 0.25) is 0 Å². The first-order chi connectivity index (χ1) is 8.83. The maximum atomic E-state index is 9.09. The summed E-state index contributed by atoms with van der Waals surface area (Å²) in [7, 11) is 0. The lowest BCUT2D eigenvalue weighted by molar-refractivity contribution is 0.473. The Balaban J connectivity index is 1.94. The van der Waals surface area contributed by atoms with Crippen LogP contribution in [0.3, 0.4) is 0 Å². The van der Waals surface area contributed by atoms with E-state index >= 15 is 0 Å². The third-order valence-electron chi connectivity index (χ3n) is 2.12. The number of azo groups is 1. The van der Waals surface area contributed by atoms with Crippen molar-refractivity contribution in [3.63, 3.8) is 0 Å². The van der Waals surface area contributed by atoms with Crippen LogP contribution in [0.1, 0.15) is 0 Å². The van der Waals surface area contributed by atoms with E-state index in [1.807, 2.05) is 0 Å². The third kappa shape index (κ3) is 2.00. The minimum absolute atomic E-state index is 0.0885. The summed E-state index contributed by atoms with van der Waals surface area (Å²) in [5, 5.41) is 18.5. The van der Waals surface area contributed by atoms with E-state index in [2.05, 4.69) is 29.6 Å². The van der Waals surface area contributed by atoms with Crippen LogP contribution in [-0.4, -0.2) is 24.4 Å². The van der Waals surface area contributed by atoms with Gasteiger partial charge in [0.25, 0.3) is 0 Å². The molecule has 0 aliphatic carbocycles. The Labute approximate surface area is 105 Å². The monoisotopic (exact) mass is 258 g/mol. The fourth-order valence-electron chi connectivity index (χ4n) is 1.29. The predicted octanol–water partition coefficient (Wildman–Crippen LogP) is 2.60. The van der Waals surface area contributed by atoms with Crippen molar-refractivity contribution in [2.45, 2.75) is 0 Å². The standard InChI is InChI=1S/C10H6N6OS/c17-6-1-2-8(12-3-6)14-15-10-7-4-11-5-13-9(7)16-18-10/h1-5,17H/b15-14+. The van der Waals surface area contributed by atoms with E-state index in [1.165, 1.54) is 30.1 Å². The van der Waals surface area contributed by atoms with Crippen molar-refractivity contribution in [2.24, 2.45) is 10.2 Å². The average Bonchev–Trinajstić information content (AvgIpc) is 2.82.